The van der Waals surface area contributed by atoms with E-state index in [1.165, 1.54) is 0 Å². The van der Waals surface area contributed by atoms with E-state index in [9.17, 15) is 5.11 Å². The van der Waals surface area contributed by atoms with Crippen LogP contribution in [0.1, 0.15) is 11.1 Å². The minimum absolute atomic E-state index is 0.0110. The number of phenolic OH excluding ortho intramolecular Hbond substituents is 1. The summed E-state index contributed by atoms with van der Waals surface area (Å²) in [7, 11) is 0. The van der Waals surface area contributed by atoms with Gasteiger partial charge in [-0.3, -0.25) is 4.98 Å². The van der Waals surface area contributed by atoms with Crippen LogP contribution in [0.15, 0.2) is 24.4 Å². The molecule has 0 unspecified atom stereocenters. The molecule has 3 heteroatoms. The van der Waals surface area contributed by atoms with Crippen molar-refractivity contribution < 1.29 is 10.2 Å². The van der Waals surface area contributed by atoms with Crippen molar-refractivity contribution in [3.63, 3.8) is 0 Å². The fourth-order valence-corrected chi connectivity index (χ4v) is 1.47. The summed E-state index contributed by atoms with van der Waals surface area (Å²) in [5.41, 5.74) is 2.33. The number of nitrogens with zero attached hydrogens (tertiary/aromatic N) is 1. The molecular weight excluding hydrogens is 178 g/mol. The summed E-state index contributed by atoms with van der Waals surface area (Å²) in [6, 6.07) is 5.30. The maximum atomic E-state index is 9.45. The van der Waals surface area contributed by atoms with Crippen LogP contribution in [0, 0.1) is 6.92 Å². The zero-order valence-corrected chi connectivity index (χ0v) is 7.86. The Morgan fingerprint density at radius 1 is 1.36 bits per heavy atom. The number of rotatable bonds is 1. The van der Waals surface area contributed by atoms with Crippen LogP contribution < -0.4 is 0 Å². The molecule has 72 valence electrons. The van der Waals surface area contributed by atoms with Crippen LogP contribution in [-0.4, -0.2) is 15.2 Å². The number of benzene rings is 1. The molecule has 0 saturated heterocycles. The lowest BCUT2D eigenvalue weighted by Crippen LogP contribution is -1.88. The van der Waals surface area contributed by atoms with Gasteiger partial charge in [-0.05, 0) is 30.7 Å². The Kier molecular flexibility index (Phi) is 2.09. The van der Waals surface area contributed by atoms with Gasteiger partial charge in [0.05, 0.1) is 12.1 Å². The highest BCUT2D eigenvalue weighted by atomic mass is 16.3. The summed E-state index contributed by atoms with van der Waals surface area (Å²) in [5, 5.41) is 19.3. The molecule has 0 aliphatic heterocycles. The van der Waals surface area contributed by atoms with Gasteiger partial charge in [0, 0.05) is 17.1 Å². The Morgan fingerprint density at radius 3 is 2.86 bits per heavy atom. The van der Waals surface area contributed by atoms with Crippen molar-refractivity contribution in [1.82, 2.24) is 4.98 Å². The number of pyridine rings is 1. The van der Waals surface area contributed by atoms with Gasteiger partial charge in [-0.25, -0.2) is 0 Å². The number of fused-ring (bicyclic) bond motifs is 1. The number of aliphatic hydroxyl groups is 1. The molecule has 0 aliphatic carbocycles. The van der Waals surface area contributed by atoms with Crippen LogP contribution in [0.2, 0.25) is 0 Å². The zero-order valence-electron chi connectivity index (χ0n) is 7.86. The highest BCUT2D eigenvalue weighted by Crippen LogP contribution is 2.24. The van der Waals surface area contributed by atoms with Crippen LogP contribution in [0.25, 0.3) is 10.9 Å². The van der Waals surface area contributed by atoms with Crippen LogP contribution in [0.5, 0.6) is 5.75 Å². The van der Waals surface area contributed by atoms with E-state index in [1.807, 2.05) is 13.0 Å². The van der Waals surface area contributed by atoms with Crippen LogP contribution >= 0.6 is 0 Å². The summed E-state index contributed by atoms with van der Waals surface area (Å²) in [6.07, 6.45) is 1.62. The molecule has 2 rings (SSSR count). The standard InChI is InChI=1S/C11H11NO2/c1-7-10(14)3-2-9-4-8(6-13)5-12-11(7)9/h2-5,13-14H,6H2,1H3. The first kappa shape index (κ1) is 8.97. The molecule has 0 spiro atoms. The average molecular weight is 189 g/mol. The van der Waals surface area contributed by atoms with E-state index in [1.54, 1.807) is 18.3 Å². The summed E-state index contributed by atoms with van der Waals surface area (Å²) < 4.78 is 0. The minimum Gasteiger partial charge on any atom is -0.508 e. The molecule has 1 heterocycles. The molecule has 0 fully saturated rings. The number of phenols is 1. The second-order valence-corrected chi connectivity index (χ2v) is 3.28. The quantitative estimate of drug-likeness (QED) is 0.718. The molecule has 0 bridgehead atoms. The Bertz CT molecular complexity index is 480. The predicted octanol–water partition coefficient (Wildman–Crippen LogP) is 1.74. The van der Waals surface area contributed by atoms with Gasteiger partial charge in [-0.1, -0.05) is 0 Å². The van der Waals surface area contributed by atoms with Crippen molar-refractivity contribution in [3.05, 3.63) is 35.5 Å². The number of aromatic nitrogens is 1. The fraction of sp³-hybridized carbons (Fsp3) is 0.182. The molecule has 0 aliphatic rings. The SMILES string of the molecule is Cc1c(O)ccc2cc(CO)cnc12. The largest absolute Gasteiger partial charge is 0.508 e. The molecule has 1 aromatic carbocycles. The zero-order chi connectivity index (χ0) is 10.1. The van der Waals surface area contributed by atoms with Gasteiger partial charge in [-0.15, -0.1) is 0 Å². The summed E-state index contributed by atoms with van der Waals surface area (Å²) in [4.78, 5) is 4.19. The highest BCUT2D eigenvalue weighted by Gasteiger charge is 2.03. The molecule has 0 radical (unpaired) electrons. The Balaban J connectivity index is 2.74. The molecule has 0 saturated carbocycles. The topological polar surface area (TPSA) is 53.4 Å². The lowest BCUT2D eigenvalue weighted by atomic mass is 10.1. The Labute approximate surface area is 81.7 Å². The second kappa shape index (κ2) is 3.27. The number of hydrogen-bond acceptors (Lipinski definition) is 3. The van der Waals surface area contributed by atoms with E-state index >= 15 is 0 Å². The minimum atomic E-state index is -0.0110. The van der Waals surface area contributed by atoms with Crippen molar-refractivity contribution >= 4 is 10.9 Å². The predicted molar refractivity (Wildman–Crippen MR) is 54.1 cm³/mol. The normalized spacial score (nSPS) is 10.7. The Hall–Kier alpha value is -1.61. The van der Waals surface area contributed by atoms with Crippen molar-refractivity contribution in [1.29, 1.82) is 0 Å². The summed E-state index contributed by atoms with van der Waals surface area (Å²) >= 11 is 0. The third kappa shape index (κ3) is 1.32. The Morgan fingerprint density at radius 2 is 2.14 bits per heavy atom. The number of aromatic hydroxyl groups is 1. The van der Waals surface area contributed by atoms with Crippen LogP contribution in [-0.2, 0) is 6.61 Å². The molecule has 0 atom stereocenters. The van der Waals surface area contributed by atoms with Crippen LogP contribution in [0.4, 0.5) is 0 Å². The van der Waals surface area contributed by atoms with Gasteiger partial charge < -0.3 is 10.2 Å². The van der Waals surface area contributed by atoms with Gasteiger partial charge in [0.25, 0.3) is 0 Å². The molecule has 3 nitrogen and oxygen atoms in total. The number of hydrogen-bond donors (Lipinski definition) is 2. The van der Waals surface area contributed by atoms with E-state index < -0.39 is 0 Å². The molecule has 2 aromatic rings. The smallest absolute Gasteiger partial charge is 0.120 e. The van der Waals surface area contributed by atoms with Gasteiger partial charge in [0.15, 0.2) is 0 Å². The summed E-state index contributed by atoms with van der Waals surface area (Å²) in [6.45, 7) is 1.81. The van der Waals surface area contributed by atoms with Crippen molar-refractivity contribution in [2.24, 2.45) is 0 Å². The first-order valence-corrected chi connectivity index (χ1v) is 4.40. The monoisotopic (exact) mass is 189 g/mol. The third-order valence-electron chi connectivity index (χ3n) is 2.32. The van der Waals surface area contributed by atoms with Crippen molar-refractivity contribution in [3.8, 4) is 5.75 Å². The first-order valence-electron chi connectivity index (χ1n) is 4.40. The first-order chi connectivity index (χ1) is 6.72. The van der Waals surface area contributed by atoms with Gasteiger partial charge in [-0.2, -0.15) is 0 Å². The van der Waals surface area contributed by atoms with E-state index in [0.29, 0.717) is 0 Å². The van der Waals surface area contributed by atoms with Crippen LogP contribution in [0.3, 0.4) is 0 Å². The number of aliphatic hydroxyl groups excluding tert-OH is 1. The molecule has 1 aromatic heterocycles. The molecule has 14 heavy (non-hydrogen) atoms. The van der Waals surface area contributed by atoms with E-state index in [0.717, 1.165) is 22.0 Å². The number of aryl methyl sites for hydroxylation is 1. The maximum absolute atomic E-state index is 9.45. The van der Waals surface area contributed by atoms with E-state index in [4.69, 9.17) is 5.11 Å². The lowest BCUT2D eigenvalue weighted by Gasteiger charge is -2.04. The second-order valence-electron chi connectivity index (χ2n) is 3.28. The molecule has 2 N–H and O–H groups in total. The van der Waals surface area contributed by atoms with E-state index in [2.05, 4.69) is 4.98 Å². The molecular formula is C11H11NO2. The van der Waals surface area contributed by atoms with Crippen molar-refractivity contribution in [2.45, 2.75) is 13.5 Å². The lowest BCUT2D eigenvalue weighted by molar-refractivity contribution is 0.281. The van der Waals surface area contributed by atoms with Gasteiger partial charge >= 0.3 is 0 Å². The maximum Gasteiger partial charge on any atom is 0.120 e. The highest BCUT2D eigenvalue weighted by molar-refractivity contribution is 5.84. The van der Waals surface area contributed by atoms with Gasteiger partial charge in [0.1, 0.15) is 5.75 Å². The van der Waals surface area contributed by atoms with E-state index in [-0.39, 0.29) is 12.4 Å². The summed E-state index contributed by atoms with van der Waals surface area (Å²) in [5.74, 6) is 0.252. The van der Waals surface area contributed by atoms with Crippen molar-refractivity contribution in [2.75, 3.05) is 0 Å². The van der Waals surface area contributed by atoms with Gasteiger partial charge in [0.2, 0.25) is 0 Å². The molecule has 0 amide bonds. The average Bonchev–Trinajstić information content (AvgIpc) is 2.23. The third-order valence-corrected chi connectivity index (χ3v) is 2.32. The fourth-order valence-electron chi connectivity index (χ4n) is 1.47.